The van der Waals surface area contributed by atoms with Gasteiger partial charge >= 0.3 is 0 Å². The van der Waals surface area contributed by atoms with Crippen molar-refractivity contribution < 1.29 is 18.3 Å². The van der Waals surface area contributed by atoms with Gasteiger partial charge in [-0.25, -0.2) is 8.42 Å². The third-order valence-corrected chi connectivity index (χ3v) is 7.72. The van der Waals surface area contributed by atoms with Crippen LogP contribution in [0.5, 0.6) is 5.75 Å². The van der Waals surface area contributed by atoms with Crippen molar-refractivity contribution in [3.63, 3.8) is 0 Å². The standard InChI is InChI=1S/C19H27NO4S/c1-17(2,3)16(22)20-19-10-8-18(12-19,9-11-19)13-25(23,24)15-6-4-14(21)5-7-15/h4-7,21H,8-13H2,1-3H3,(H,20,22). The van der Waals surface area contributed by atoms with E-state index in [1.54, 1.807) is 0 Å². The third-order valence-electron chi connectivity index (χ3n) is 5.73. The Morgan fingerprint density at radius 2 is 1.68 bits per heavy atom. The maximum atomic E-state index is 12.8. The first kappa shape index (κ1) is 18.2. The number of carbonyl (C=O) groups excluding carboxylic acids is 1. The van der Waals surface area contributed by atoms with Crippen LogP contribution >= 0.6 is 0 Å². The quantitative estimate of drug-likeness (QED) is 0.859. The van der Waals surface area contributed by atoms with Crippen LogP contribution in [-0.2, 0) is 14.6 Å². The molecule has 25 heavy (non-hydrogen) atoms. The van der Waals surface area contributed by atoms with Gasteiger partial charge in [-0.3, -0.25) is 4.79 Å². The van der Waals surface area contributed by atoms with Crippen LogP contribution in [0.3, 0.4) is 0 Å². The fourth-order valence-electron chi connectivity index (χ4n) is 4.26. The SMILES string of the molecule is CC(C)(C)C(=O)NC12CCC(CS(=O)(=O)c3ccc(O)cc3)(CC1)C2. The monoisotopic (exact) mass is 365 g/mol. The molecule has 2 aliphatic rings. The van der Waals surface area contributed by atoms with Crippen LogP contribution in [0, 0.1) is 10.8 Å². The Bertz CT molecular complexity index is 767. The Balaban J connectivity index is 1.75. The van der Waals surface area contributed by atoms with E-state index >= 15 is 0 Å². The molecular formula is C19H27NO4S. The van der Waals surface area contributed by atoms with Gasteiger partial charge in [0.15, 0.2) is 9.84 Å². The maximum Gasteiger partial charge on any atom is 0.225 e. The minimum absolute atomic E-state index is 0.0339. The molecule has 0 atom stereocenters. The molecule has 1 amide bonds. The Labute approximate surface area is 149 Å². The molecule has 0 unspecified atom stereocenters. The van der Waals surface area contributed by atoms with Gasteiger partial charge < -0.3 is 10.4 Å². The van der Waals surface area contributed by atoms with Gasteiger partial charge in [-0.2, -0.15) is 0 Å². The first-order valence-electron chi connectivity index (χ1n) is 8.80. The van der Waals surface area contributed by atoms with Gasteiger partial charge in [-0.15, -0.1) is 0 Å². The summed E-state index contributed by atoms with van der Waals surface area (Å²) in [7, 11) is -3.41. The molecule has 1 aromatic carbocycles. The first-order chi connectivity index (χ1) is 11.5. The number of hydrogen-bond donors (Lipinski definition) is 2. The van der Waals surface area contributed by atoms with Crippen LogP contribution in [0.25, 0.3) is 0 Å². The number of carbonyl (C=O) groups is 1. The minimum atomic E-state index is -3.41. The molecule has 138 valence electrons. The highest BCUT2D eigenvalue weighted by molar-refractivity contribution is 7.91. The normalized spacial score (nSPS) is 28.9. The molecule has 0 saturated heterocycles. The van der Waals surface area contributed by atoms with Gasteiger partial charge in [-0.1, -0.05) is 20.8 Å². The van der Waals surface area contributed by atoms with Crippen molar-refractivity contribution in [1.82, 2.24) is 5.32 Å². The van der Waals surface area contributed by atoms with Gasteiger partial charge in [-0.05, 0) is 61.8 Å². The number of phenols is 1. The second kappa shape index (κ2) is 5.73. The summed E-state index contributed by atoms with van der Waals surface area (Å²) in [6.07, 6.45) is 4.09. The predicted octanol–water partition coefficient (Wildman–Crippen LogP) is 3.03. The number of phenolic OH excluding ortho intramolecular Hbond substituents is 1. The van der Waals surface area contributed by atoms with Crippen LogP contribution in [0.2, 0.25) is 0 Å². The van der Waals surface area contributed by atoms with Crippen molar-refractivity contribution in [2.24, 2.45) is 10.8 Å². The molecular weight excluding hydrogens is 338 g/mol. The topological polar surface area (TPSA) is 83.5 Å². The van der Waals surface area contributed by atoms with Crippen LogP contribution in [0.4, 0.5) is 0 Å². The summed E-state index contributed by atoms with van der Waals surface area (Å²) in [4.78, 5) is 12.6. The Kier molecular flexibility index (Phi) is 4.18. The number of nitrogens with one attached hydrogen (secondary N) is 1. The Morgan fingerprint density at radius 3 is 2.20 bits per heavy atom. The van der Waals surface area contributed by atoms with Gasteiger partial charge in [0.2, 0.25) is 5.91 Å². The maximum absolute atomic E-state index is 12.8. The number of benzene rings is 1. The van der Waals surface area contributed by atoms with E-state index in [2.05, 4.69) is 5.32 Å². The summed E-state index contributed by atoms with van der Waals surface area (Å²) in [6, 6.07) is 5.73. The Hall–Kier alpha value is -1.56. The summed E-state index contributed by atoms with van der Waals surface area (Å²) in [5.74, 6) is 0.201. The third kappa shape index (κ3) is 3.54. The van der Waals surface area contributed by atoms with Crippen molar-refractivity contribution in [3.05, 3.63) is 24.3 Å². The van der Waals surface area contributed by atoms with Gasteiger partial charge in [0.1, 0.15) is 5.75 Å². The fraction of sp³-hybridized carbons (Fsp3) is 0.632. The van der Waals surface area contributed by atoms with E-state index < -0.39 is 15.3 Å². The molecule has 2 saturated carbocycles. The lowest BCUT2D eigenvalue weighted by atomic mass is 9.85. The van der Waals surface area contributed by atoms with E-state index in [0.29, 0.717) is 0 Å². The van der Waals surface area contributed by atoms with Gasteiger partial charge in [0, 0.05) is 11.0 Å². The minimum Gasteiger partial charge on any atom is -0.508 e. The molecule has 1 aromatic rings. The van der Waals surface area contributed by atoms with Gasteiger partial charge in [0.05, 0.1) is 10.6 Å². The van der Waals surface area contributed by atoms with Crippen molar-refractivity contribution in [1.29, 1.82) is 0 Å². The largest absolute Gasteiger partial charge is 0.508 e. The lowest BCUT2D eigenvalue weighted by Crippen LogP contribution is -2.49. The highest BCUT2D eigenvalue weighted by Crippen LogP contribution is 2.57. The summed E-state index contributed by atoms with van der Waals surface area (Å²) in [6.45, 7) is 5.68. The number of rotatable bonds is 4. The van der Waals surface area contributed by atoms with E-state index in [1.165, 1.54) is 24.3 Å². The molecule has 2 bridgehead atoms. The molecule has 0 aliphatic heterocycles. The summed E-state index contributed by atoms with van der Waals surface area (Å²) in [5, 5.41) is 12.6. The second-order valence-electron chi connectivity index (χ2n) is 8.91. The van der Waals surface area contributed by atoms with Crippen LogP contribution in [-0.4, -0.2) is 30.7 Å². The fourth-order valence-corrected chi connectivity index (χ4v) is 6.18. The van der Waals surface area contributed by atoms with E-state index in [0.717, 1.165) is 32.1 Å². The molecule has 2 fully saturated rings. The van der Waals surface area contributed by atoms with Crippen molar-refractivity contribution in [2.45, 2.75) is 63.3 Å². The van der Waals surface area contributed by atoms with E-state index in [1.807, 2.05) is 20.8 Å². The van der Waals surface area contributed by atoms with Crippen LogP contribution < -0.4 is 5.32 Å². The molecule has 2 N–H and O–H groups in total. The summed E-state index contributed by atoms with van der Waals surface area (Å²) in [5.41, 5.74) is -0.933. The predicted molar refractivity (Wildman–Crippen MR) is 96.0 cm³/mol. The molecule has 3 rings (SSSR count). The molecule has 6 heteroatoms. The van der Waals surface area contributed by atoms with Gasteiger partial charge in [0.25, 0.3) is 0 Å². The first-order valence-corrected chi connectivity index (χ1v) is 10.5. The summed E-state index contributed by atoms with van der Waals surface area (Å²) < 4.78 is 25.6. The molecule has 0 spiro atoms. The lowest BCUT2D eigenvalue weighted by Gasteiger charge is -2.31. The average molecular weight is 365 g/mol. The van der Waals surface area contributed by atoms with E-state index in [9.17, 15) is 18.3 Å². The zero-order chi connectivity index (χ0) is 18.5. The zero-order valence-corrected chi connectivity index (χ0v) is 15.9. The van der Waals surface area contributed by atoms with E-state index in [4.69, 9.17) is 0 Å². The second-order valence-corrected chi connectivity index (χ2v) is 10.9. The molecule has 5 nitrogen and oxygen atoms in total. The number of fused-ring (bicyclic) bond motifs is 2. The number of amides is 1. The van der Waals surface area contributed by atoms with Crippen molar-refractivity contribution in [3.8, 4) is 5.75 Å². The number of aromatic hydroxyl groups is 1. The van der Waals surface area contributed by atoms with Crippen molar-refractivity contribution >= 4 is 15.7 Å². The highest BCUT2D eigenvalue weighted by atomic mass is 32.2. The molecule has 0 radical (unpaired) electrons. The molecule has 2 aliphatic carbocycles. The highest BCUT2D eigenvalue weighted by Gasteiger charge is 2.56. The number of sulfone groups is 1. The summed E-state index contributed by atoms with van der Waals surface area (Å²) >= 11 is 0. The molecule has 0 aromatic heterocycles. The number of hydrogen-bond acceptors (Lipinski definition) is 4. The van der Waals surface area contributed by atoms with Crippen molar-refractivity contribution in [2.75, 3.05) is 5.75 Å². The lowest BCUT2D eigenvalue weighted by molar-refractivity contribution is -0.130. The average Bonchev–Trinajstić information content (AvgIpc) is 3.01. The molecule has 0 heterocycles. The van der Waals surface area contributed by atoms with E-state index in [-0.39, 0.29) is 33.3 Å². The zero-order valence-electron chi connectivity index (χ0n) is 15.1. The Morgan fingerprint density at radius 1 is 1.12 bits per heavy atom. The smallest absolute Gasteiger partial charge is 0.225 e. The van der Waals surface area contributed by atoms with Crippen LogP contribution in [0.15, 0.2) is 29.2 Å². The van der Waals surface area contributed by atoms with Crippen LogP contribution in [0.1, 0.15) is 52.9 Å².